The molecule has 0 aliphatic heterocycles. The molecule has 1 aromatic heterocycles. The standard InChI is InChI=1S/C18H22N/c1-4-5-11-16(3)19-14-9-8-13-18(19)17-12-7-6-10-15(17)2/h6-10,12-14H,3-5,11H2,1-2H3/q+1. The molecule has 0 saturated heterocycles. The Morgan fingerprint density at radius 1 is 1.11 bits per heavy atom. The van der Waals surface area contributed by atoms with Crippen LogP contribution in [0.25, 0.3) is 17.0 Å². The van der Waals surface area contributed by atoms with Crippen LogP contribution in [0.5, 0.6) is 0 Å². The maximum Gasteiger partial charge on any atom is 0.218 e. The first-order valence-corrected chi connectivity index (χ1v) is 6.99. The number of aryl methyl sites for hydroxylation is 1. The predicted molar refractivity (Wildman–Crippen MR) is 81.7 cm³/mol. The Bertz CT molecular complexity index is 569. The van der Waals surface area contributed by atoms with Crippen molar-refractivity contribution in [1.82, 2.24) is 0 Å². The van der Waals surface area contributed by atoms with Crippen molar-refractivity contribution in [2.75, 3.05) is 0 Å². The first kappa shape index (κ1) is 13.5. The third-order valence-corrected chi connectivity index (χ3v) is 3.44. The van der Waals surface area contributed by atoms with Crippen LogP contribution in [0.1, 0.15) is 31.7 Å². The van der Waals surface area contributed by atoms with Crippen molar-refractivity contribution >= 4 is 5.70 Å². The molecule has 0 atom stereocenters. The lowest BCUT2D eigenvalue weighted by Crippen LogP contribution is -2.34. The molecule has 2 rings (SSSR count). The molecule has 2 aromatic rings. The van der Waals surface area contributed by atoms with Gasteiger partial charge in [0.1, 0.15) is 0 Å². The van der Waals surface area contributed by atoms with Crippen LogP contribution in [-0.2, 0) is 0 Å². The number of hydrogen-bond acceptors (Lipinski definition) is 0. The zero-order chi connectivity index (χ0) is 13.7. The summed E-state index contributed by atoms with van der Waals surface area (Å²) in [4.78, 5) is 0. The Balaban J connectivity index is 2.42. The van der Waals surface area contributed by atoms with Crippen molar-refractivity contribution in [3.05, 3.63) is 60.8 Å². The van der Waals surface area contributed by atoms with Crippen LogP contribution >= 0.6 is 0 Å². The second kappa shape index (κ2) is 6.33. The van der Waals surface area contributed by atoms with E-state index in [9.17, 15) is 0 Å². The topological polar surface area (TPSA) is 3.88 Å². The summed E-state index contributed by atoms with van der Waals surface area (Å²) >= 11 is 0. The van der Waals surface area contributed by atoms with Gasteiger partial charge in [0, 0.05) is 24.1 Å². The van der Waals surface area contributed by atoms with E-state index in [4.69, 9.17) is 0 Å². The first-order valence-electron chi connectivity index (χ1n) is 6.99. The summed E-state index contributed by atoms with van der Waals surface area (Å²) in [6.45, 7) is 8.61. The number of hydrogen-bond donors (Lipinski definition) is 0. The van der Waals surface area contributed by atoms with Gasteiger partial charge in [-0.2, -0.15) is 4.57 Å². The molecule has 0 bridgehead atoms. The minimum Gasteiger partial charge on any atom is -0.164 e. The minimum absolute atomic E-state index is 1.05. The van der Waals surface area contributed by atoms with Crippen LogP contribution in [0, 0.1) is 6.92 Å². The summed E-state index contributed by atoms with van der Waals surface area (Å²) in [6.07, 6.45) is 5.55. The van der Waals surface area contributed by atoms with Gasteiger partial charge >= 0.3 is 0 Å². The second-order valence-electron chi connectivity index (χ2n) is 4.94. The molecule has 0 unspecified atom stereocenters. The van der Waals surface area contributed by atoms with Gasteiger partial charge in [-0.1, -0.05) is 31.5 Å². The molecule has 1 heterocycles. The van der Waals surface area contributed by atoms with E-state index in [2.05, 4.69) is 73.7 Å². The number of allylic oxidation sites excluding steroid dienone is 1. The van der Waals surface area contributed by atoms with Crippen LogP contribution < -0.4 is 4.57 Å². The first-order chi connectivity index (χ1) is 9.24. The minimum atomic E-state index is 1.05. The van der Waals surface area contributed by atoms with Crippen molar-refractivity contribution in [3.63, 3.8) is 0 Å². The summed E-state index contributed by atoms with van der Waals surface area (Å²) < 4.78 is 2.22. The van der Waals surface area contributed by atoms with E-state index in [0.29, 0.717) is 0 Å². The third-order valence-electron chi connectivity index (χ3n) is 3.44. The number of pyridine rings is 1. The van der Waals surface area contributed by atoms with Crippen molar-refractivity contribution in [3.8, 4) is 11.3 Å². The number of benzene rings is 1. The maximum atomic E-state index is 4.24. The average molecular weight is 252 g/mol. The van der Waals surface area contributed by atoms with Gasteiger partial charge in [-0.3, -0.25) is 0 Å². The van der Waals surface area contributed by atoms with E-state index in [1.807, 2.05) is 0 Å². The van der Waals surface area contributed by atoms with Gasteiger partial charge in [-0.25, -0.2) is 0 Å². The van der Waals surface area contributed by atoms with E-state index in [1.165, 1.54) is 35.4 Å². The van der Waals surface area contributed by atoms with E-state index in [0.717, 1.165) is 6.42 Å². The van der Waals surface area contributed by atoms with Crippen molar-refractivity contribution in [2.45, 2.75) is 33.1 Å². The van der Waals surface area contributed by atoms with Crippen molar-refractivity contribution in [2.24, 2.45) is 0 Å². The summed E-state index contributed by atoms with van der Waals surface area (Å²) in [5.41, 5.74) is 4.97. The molecule has 0 saturated carbocycles. The van der Waals surface area contributed by atoms with E-state index >= 15 is 0 Å². The fourth-order valence-corrected chi connectivity index (χ4v) is 2.30. The molecule has 0 amide bonds. The fraction of sp³-hybridized carbons (Fsp3) is 0.278. The molecule has 0 N–H and O–H groups in total. The van der Waals surface area contributed by atoms with Gasteiger partial charge in [0.15, 0.2) is 11.9 Å². The molecule has 0 fully saturated rings. The van der Waals surface area contributed by atoms with E-state index < -0.39 is 0 Å². The Morgan fingerprint density at radius 3 is 2.58 bits per heavy atom. The molecule has 0 spiro atoms. The van der Waals surface area contributed by atoms with Crippen molar-refractivity contribution in [1.29, 1.82) is 0 Å². The molecular weight excluding hydrogens is 230 g/mol. The molecule has 98 valence electrons. The summed E-state index contributed by atoms with van der Waals surface area (Å²) in [7, 11) is 0. The highest BCUT2D eigenvalue weighted by Gasteiger charge is 2.16. The van der Waals surface area contributed by atoms with Crippen LogP contribution in [0.4, 0.5) is 0 Å². The van der Waals surface area contributed by atoms with Crippen LogP contribution in [-0.4, -0.2) is 0 Å². The van der Waals surface area contributed by atoms with Crippen LogP contribution in [0.15, 0.2) is 55.2 Å². The van der Waals surface area contributed by atoms with Crippen LogP contribution in [0.2, 0.25) is 0 Å². The lowest BCUT2D eigenvalue weighted by atomic mass is 10.0. The predicted octanol–water partition coefficient (Wildman–Crippen LogP) is 4.61. The average Bonchev–Trinajstić information content (AvgIpc) is 2.45. The van der Waals surface area contributed by atoms with E-state index in [-0.39, 0.29) is 0 Å². The third kappa shape index (κ3) is 3.11. The zero-order valence-electron chi connectivity index (χ0n) is 11.9. The largest absolute Gasteiger partial charge is 0.218 e. The molecule has 1 nitrogen and oxygen atoms in total. The lowest BCUT2D eigenvalue weighted by Gasteiger charge is -2.07. The SMILES string of the molecule is C=C(CCCC)[n+]1ccccc1-c1ccccc1C. The number of aromatic nitrogens is 1. The number of rotatable bonds is 5. The normalized spacial score (nSPS) is 10.4. The second-order valence-corrected chi connectivity index (χ2v) is 4.94. The Labute approximate surface area is 116 Å². The number of unbranched alkanes of at least 4 members (excludes halogenated alkanes) is 1. The molecule has 19 heavy (non-hydrogen) atoms. The summed E-state index contributed by atoms with van der Waals surface area (Å²) in [5.74, 6) is 0. The lowest BCUT2D eigenvalue weighted by molar-refractivity contribution is -0.571. The Kier molecular flexibility index (Phi) is 4.51. The molecule has 1 aromatic carbocycles. The number of nitrogens with zero attached hydrogens (tertiary/aromatic N) is 1. The molecule has 0 radical (unpaired) electrons. The quantitative estimate of drug-likeness (QED) is 0.684. The van der Waals surface area contributed by atoms with Gasteiger partial charge in [0.25, 0.3) is 0 Å². The summed E-state index contributed by atoms with van der Waals surface area (Å²) in [5, 5.41) is 0. The van der Waals surface area contributed by atoms with Gasteiger partial charge in [-0.15, -0.1) is 0 Å². The molecule has 1 heteroatoms. The monoisotopic (exact) mass is 252 g/mol. The highest BCUT2D eigenvalue weighted by atomic mass is 15.0. The van der Waals surface area contributed by atoms with Gasteiger partial charge in [-0.05, 0) is 37.6 Å². The highest BCUT2D eigenvalue weighted by Crippen LogP contribution is 2.21. The van der Waals surface area contributed by atoms with Crippen molar-refractivity contribution < 1.29 is 4.57 Å². The maximum absolute atomic E-state index is 4.24. The fourth-order valence-electron chi connectivity index (χ4n) is 2.30. The molecule has 0 aliphatic carbocycles. The molecular formula is C18H22N+. The Morgan fingerprint density at radius 2 is 1.84 bits per heavy atom. The van der Waals surface area contributed by atoms with E-state index in [1.54, 1.807) is 0 Å². The van der Waals surface area contributed by atoms with Gasteiger partial charge in [0.2, 0.25) is 5.69 Å². The van der Waals surface area contributed by atoms with Crippen LogP contribution in [0.3, 0.4) is 0 Å². The smallest absolute Gasteiger partial charge is 0.164 e. The summed E-state index contributed by atoms with van der Waals surface area (Å²) in [6, 6.07) is 14.8. The highest BCUT2D eigenvalue weighted by molar-refractivity contribution is 5.61. The zero-order valence-corrected chi connectivity index (χ0v) is 11.9. The Hall–Kier alpha value is -1.89. The van der Waals surface area contributed by atoms with Gasteiger partial charge in [0.05, 0.1) is 0 Å². The van der Waals surface area contributed by atoms with Gasteiger partial charge < -0.3 is 0 Å². The molecule has 0 aliphatic rings.